The monoisotopic (exact) mass is 340 g/mol. The number of nitrogens with zero attached hydrogens (tertiary/aromatic N) is 4. The lowest BCUT2D eigenvalue weighted by Gasteiger charge is -2.16. The third-order valence-corrected chi connectivity index (χ3v) is 5.94. The van der Waals surface area contributed by atoms with Crippen molar-refractivity contribution in [1.29, 1.82) is 0 Å². The van der Waals surface area contributed by atoms with Crippen LogP contribution in [0.5, 0.6) is 0 Å². The smallest absolute Gasteiger partial charge is 0.244 e. The molecule has 22 heavy (non-hydrogen) atoms. The molecule has 0 spiro atoms. The van der Waals surface area contributed by atoms with E-state index in [0.717, 1.165) is 18.4 Å². The van der Waals surface area contributed by atoms with E-state index in [4.69, 9.17) is 11.6 Å². The maximum absolute atomic E-state index is 12.6. The van der Waals surface area contributed by atoms with Gasteiger partial charge in [-0.05, 0) is 36.5 Å². The SMILES string of the molecule is Cn1cc(C[C@H]2CCN(S(=O)(=O)c3ccc(Cl)nc3)C2)cn1. The molecule has 6 nitrogen and oxygen atoms in total. The number of pyridine rings is 1. The Bertz CT molecular complexity index is 757. The fraction of sp³-hybridized carbons (Fsp3) is 0.429. The standard InChI is InChI=1S/C14H17ClN4O2S/c1-18-9-12(7-17-18)6-11-4-5-19(10-11)22(20,21)13-2-3-14(15)16-8-13/h2-3,7-9,11H,4-6,10H2,1H3/t11-/m1/s1. The molecule has 2 aromatic heterocycles. The minimum Gasteiger partial charge on any atom is -0.276 e. The number of aromatic nitrogens is 3. The first-order valence-electron chi connectivity index (χ1n) is 7.04. The molecular weight excluding hydrogens is 324 g/mol. The van der Waals surface area contributed by atoms with E-state index in [0.29, 0.717) is 19.0 Å². The Morgan fingerprint density at radius 2 is 2.18 bits per heavy atom. The Morgan fingerprint density at radius 1 is 1.36 bits per heavy atom. The van der Waals surface area contributed by atoms with E-state index in [1.807, 2.05) is 19.4 Å². The highest BCUT2D eigenvalue weighted by Gasteiger charge is 2.32. The summed E-state index contributed by atoms with van der Waals surface area (Å²) in [6, 6.07) is 3.00. The summed E-state index contributed by atoms with van der Waals surface area (Å²) < 4.78 is 28.4. The molecule has 1 saturated heterocycles. The molecule has 2 aromatic rings. The molecule has 0 aliphatic carbocycles. The Hall–Kier alpha value is -1.44. The fourth-order valence-electron chi connectivity index (χ4n) is 2.76. The van der Waals surface area contributed by atoms with E-state index in [9.17, 15) is 8.42 Å². The van der Waals surface area contributed by atoms with Gasteiger partial charge in [-0.3, -0.25) is 4.68 Å². The summed E-state index contributed by atoms with van der Waals surface area (Å²) in [6.45, 7) is 1.07. The van der Waals surface area contributed by atoms with Gasteiger partial charge in [0.05, 0.1) is 6.20 Å². The predicted molar refractivity (Wildman–Crippen MR) is 83.0 cm³/mol. The molecule has 1 fully saturated rings. The van der Waals surface area contributed by atoms with Crippen LogP contribution in [0.15, 0.2) is 35.6 Å². The Morgan fingerprint density at radius 3 is 2.82 bits per heavy atom. The molecule has 0 aromatic carbocycles. The van der Waals surface area contributed by atoms with Crippen LogP contribution in [0.25, 0.3) is 0 Å². The largest absolute Gasteiger partial charge is 0.276 e. The molecule has 1 atom stereocenters. The first-order chi connectivity index (χ1) is 10.4. The van der Waals surface area contributed by atoms with E-state index in [1.165, 1.54) is 22.6 Å². The van der Waals surface area contributed by atoms with Crippen LogP contribution in [0.3, 0.4) is 0 Å². The highest BCUT2D eigenvalue weighted by molar-refractivity contribution is 7.89. The topological polar surface area (TPSA) is 68.1 Å². The lowest BCUT2D eigenvalue weighted by molar-refractivity contribution is 0.455. The summed E-state index contributed by atoms with van der Waals surface area (Å²) >= 11 is 5.71. The van der Waals surface area contributed by atoms with Crippen LogP contribution in [0.2, 0.25) is 5.15 Å². The van der Waals surface area contributed by atoms with Crippen LogP contribution in [-0.4, -0.2) is 40.6 Å². The molecule has 0 N–H and O–H groups in total. The highest BCUT2D eigenvalue weighted by atomic mass is 35.5. The van der Waals surface area contributed by atoms with Gasteiger partial charge in [-0.25, -0.2) is 13.4 Å². The van der Waals surface area contributed by atoms with Crippen LogP contribution < -0.4 is 0 Å². The van der Waals surface area contributed by atoms with Crippen molar-refractivity contribution in [3.8, 4) is 0 Å². The summed E-state index contributed by atoms with van der Waals surface area (Å²) in [4.78, 5) is 4.05. The van der Waals surface area contributed by atoms with Gasteiger partial charge in [0, 0.05) is 32.5 Å². The number of hydrogen-bond donors (Lipinski definition) is 0. The molecule has 3 rings (SSSR count). The second-order valence-corrected chi connectivity index (χ2v) is 7.89. The first kappa shape index (κ1) is 15.5. The number of halogens is 1. The van der Waals surface area contributed by atoms with Gasteiger partial charge >= 0.3 is 0 Å². The van der Waals surface area contributed by atoms with Gasteiger partial charge in [0.25, 0.3) is 0 Å². The number of sulfonamides is 1. The average molecular weight is 341 g/mol. The number of hydrogen-bond acceptors (Lipinski definition) is 4. The molecular formula is C14H17ClN4O2S. The third-order valence-electron chi connectivity index (χ3n) is 3.87. The normalized spacial score (nSPS) is 19.6. The van der Waals surface area contributed by atoms with E-state index >= 15 is 0 Å². The van der Waals surface area contributed by atoms with Gasteiger partial charge in [0.2, 0.25) is 10.0 Å². The second kappa shape index (κ2) is 5.98. The van der Waals surface area contributed by atoms with Gasteiger partial charge in [0.15, 0.2) is 0 Å². The van der Waals surface area contributed by atoms with E-state index < -0.39 is 10.0 Å². The van der Waals surface area contributed by atoms with Crippen molar-refractivity contribution in [1.82, 2.24) is 19.1 Å². The zero-order chi connectivity index (χ0) is 15.7. The summed E-state index contributed by atoms with van der Waals surface area (Å²) in [6.07, 6.45) is 6.82. The molecule has 0 amide bonds. The first-order valence-corrected chi connectivity index (χ1v) is 8.86. The van der Waals surface area contributed by atoms with Crippen molar-refractivity contribution < 1.29 is 8.42 Å². The molecule has 0 radical (unpaired) electrons. The summed E-state index contributed by atoms with van der Waals surface area (Å²) in [5.41, 5.74) is 1.14. The fourth-order valence-corrected chi connectivity index (χ4v) is 4.35. The number of aryl methyl sites for hydroxylation is 1. The highest BCUT2D eigenvalue weighted by Crippen LogP contribution is 2.26. The maximum Gasteiger partial charge on any atom is 0.244 e. The molecule has 118 valence electrons. The van der Waals surface area contributed by atoms with Crippen LogP contribution >= 0.6 is 11.6 Å². The molecule has 1 aliphatic heterocycles. The quantitative estimate of drug-likeness (QED) is 0.795. The minimum absolute atomic E-state index is 0.193. The summed E-state index contributed by atoms with van der Waals surface area (Å²) in [5, 5.41) is 4.43. The Kier molecular flexibility index (Phi) is 4.20. The van der Waals surface area contributed by atoms with Crippen LogP contribution in [0.4, 0.5) is 0 Å². The third kappa shape index (κ3) is 3.16. The minimum atomic E-state index is -3.48. The molecule has 8 heteroatoms. The lowest BCUT2D eigenvalue weighted by Crippen LogP contribution is -2.29. The van der Waals surface area contributed by atoms with Gasteiger partial charge in [-0.15, -0.1) is 0 Å². The summed E-state index contributed by atoms with van der Waals surface area (Å²) in [5.74, 6) is 0.319. The summed E-state index contributed by atoms with van der Waals surface area (Å²) in [7, 11) is -1.61. The van der Waals surface area contributed by atoms with E-state index in [2.05, 4.69) is 10.1 Å². The van der Waals surface area contributed by atoms with E-state index in [-0.39, 0.29) is 10.0 Å². The van der Waals surface area contributed by atoms with Crippen molar-refractivity contribution in [3.63, 3.8) is 0 Å². The Balaban J connectivity index is 1.70. The second-order valence-electron chi connectivity index (χ2n) is 5.56. The Labute approximate surface area is 134 Å². The molecule has 0 saturated carbocycles. The van der Waals surface area contributed by atoms with Crippen molar-refractivity contribution in [2.75, 3.05) is 13.1 Å². The van der Waals surface area contributed by atoms with Crippen molar-refractivity contribution in [3.05, 3.63) is 41.4 Å². The lowest BCUT2D eigenvalue weighted by atomic mass is 10.0. The van der Waals surface area contributed by atoms with E-state index in [1.54, 1.807) is 4.68 Å². The van der Waals surface area contributed by atoms with Crippen molar-refractivity contribution >= 4 is 21.6 Å². The van der Waals surface area contributed by atoms with Crippen molar-refractivity contribution in [2.24, 2.45) is 13.0 Å². The molecule has 0 unspecified atom stereocenters. The predicted octanol–water partition coefficient (Wildman–Crippen LogP) is 1.72. The average Bonchev–Trinajstić information content (AvgIpc) is 3.09. The maximum atomic E-state index is 12.6. The van der Waals surface area contributed by atoms with Crippen LogP contribution in [0, 0.1) is 5.92 Å². The molecule has 1 aliphatic rings. The zero-order valence-corrected chi connectivity index (χ0v) is 13.8. The van der Waals surface area contributed by atoms with Gasteiger partial charge < -0.3 is 0 Å². The van der Waals surface area contributed by atoms with Crippen molar-refractivity contribution in [2.45, 2.75) is 17.7 Å². The van der Waals surface area contributed by atoms with Crippen LogP contribution in [-0.2, 0) is 23.5 Å². The zero-order valence-electron chi connectivity index (χ0n) is 12.2. The van der Waals surface area contributed by atoms with Gasteiger partial charge in [-0.1, -0.05) is 11.6 Å². The number of rotatable bonds is 4. The van der Waals surface area contributed by atoms with Gasteiger partial charge in [0.1, 0.15) is 10.0 Å². The van der Waals surface area contributed by atoms with Gasteiger partial charge in [-0.2, -0.15) is 9.40 Å². The molecule has 3 heterocycles. The molecule has 0 bridgehead atoms. The van der Waals surface area contributed by atoms with Crippen LogP contribution in [0.1, 0.15) is 12.0 Å².